The Hall–Kier alpha value is -3.84. The van der Waals surface area contributed by atoms with Gasteiger partial charge in [0.25, 0.3) is 11.8 Å². The van der Waals surface area contributed by atoms with Crippen molar-refractivity contribution in [3.8, 4) is 11.8 Å². The van der Waals surface area contributed by atoms with Crippen LogP contribution < -0.4 is 10.6 Å². The van der Waals surface area contributed by atoms with Crippen LogP contribution in [-0.2, 0) is 0 Å². The van der Waals surface area contributed by atoms with E-state index in [0.29, 0.717) is 16.8 Å². The maximum Gasteiger partial charge on any atom is 0.255 e. The summed E-state index contributed by atoms with van der Waals surface area (Å²) < 4.78 is 0. The highest BCUT2D eigenvalue weighted by atomic mass is 16.2. The largest absolute Gasteiger partial charge is 0.341 e. The van der Waals surface area contributed by atoms with E-state index in [0.717, 1.165) is 5.56 Å². The summed E-state index contributed by atoms with van der Waals surface area (Å²) in [6, 6.07) is 25.3. The molecule has 0 saturated carbocycles. The molecule has 0 atom stereocenters. The smallest absolute Gasteiger partial charge is 0.255 e. The third kappa shape index (κ3) is 5.07. The van der Waals surface area contributed by atoms with E-state index < -0.39 is 0 Å². The normalized spacial score (nSPS) is 9.63. The van der Waals surface area contributed by atoms with Gasteiger partial charge in [-0.2, -0.15) is 0 Å². The average molecular weight is 354 g/mol. The molecular formula is C23H18N2O2. The first-order valence-electron chi connectivity index (χ1n) is 8.51. The summed E-state index contributed by atoms with van der Waals surface area (Å²) >= 11 is 0. The van der Waals surface area contributed by atoms with Crippen LogP contribution in [0.5, 0.6) is 0 Å². The highest BCUT2D eigenvalue weighted by Gasteiger charge is 2.13. The Morgan fingerprint density at radius 1 is 0.741 bits per heavy atom. The number of para-hydroxylation sites is 1. The first-order valence-corrected chi connectivity index (χ1v) is 8.51. The van der Waals surface area contributed by atoms with Gasteiger partial charge in [0.2, 0.25) is 0 Å². The molecule has 3 aromatic rings. The van der Waals surface area contributed by atoms with Crippen molar-refractivity contribution >= 4 is 17.5 Å². The summed E-state index contributed by atoms with van der Waals surface area (Å²) in [4.78, 5) is 24.8. The zero-order valence-electron chi connectivity index (χ0n) is 14.6. The molecule has 0 aliphatic carbocycles. The number of benzene rings is 3. The number of anilines is 1. The van der Waals surface area contributed by atoms with Crippen molar-refractivity contribution in [2.45, 2.75) is 0 Å². The lowest BCUT2D eigenvalue weighted by molar-refractivity contribution is 0.0959. The monoisotopic (exact) mass is 354 g/mol. The zero-order valence-corrected chi connectivity index (χ0v) is 14.6. The van der Waals surface area contributed by atoms with E-state index in [9.17, 15) is 9.59 Å². The minimum absolute atomic E-state index is 0.217. The Labute approximate surface area is 158 Å². The van der Waals surface area contributed by atoms with Gasteiger partial charge in [-0.25, -0.2) is 0 Å². The van der Waals surface area contributed by atoms with Crippen LogP contribution in [0, 0.1) is 11.8 Å². The molecule has 132 valence electrons. The lowest BCUT2D eigenvalue weighted by Crippen LogP contribution is -2.25. The van der Waals surface area contributed by atoms with Crippen molar-refractivity contribution in [3.63, 3.8) is 0 Å². The third-order valence-electron chi connectivity index (χ3n) is 3.80. The van der Waals surface area contributed by atoms with Crippen molar-refractivity contribution in [2.24, 2.45) is 0 Å². The van der Waals surface area contributed by atoms with Gasteiger partial charge in [0.1, 0.15) is 0 Å². The third-order valence-corrected chi connectivity index (χ3v) is 3.80. The number of carbonyl (C=O) groups excluding carboxylic acids is 2. The minimum Gasteiger partial charge on any atom is -0.341 e. The van der Waals surface area contributed by atoms with Crippen LogP contribution in [0.15, 0.2) is 84.9 Å². The molecule has 0 aliphatic heterocycles. The highest BCUT2D eigenvalue weighted by molar-refractivity contribution is 6.09. The van der Waals surface area contributed by atoms with Crippen LogP contribution in [0.4, 0.5) is 5.69 Å². The summed E-state index contributed by atoms with van der Waals surface area (Å²) in [6.45, 7) is 0.217. The Balaban J connectivity index is 1.65. The van der Waals surface area contributed by atoms with E-state index in [4.69, 9.17) is 0 Å². The Morgan fingerprint density at radius 2 is 1.37 bits per heavy atom. The van der Waals surface area contributed by atoms with E-state index in [1.165, 1.54) is 0 Å². The number of hydrogen-bond acceptors (Lipinski definition) is 2. The molecule has 0 radical (unpaired) electrons. The molecule has 0 bridgehead atoms. The molecular weight excluding hydrogens is 336 g/mol. The van der Waals surface area contributed by atoms with Crippen LogP contribution in [0.1, 0.15) is 26.3 Å². The topological polar surface area (TPSA) is 58.2 Å². The van der Waals surface area contributed by atoms with Crippen LogP contribution in [0.25, 0.3) is 0 Å². The van der Waals surface area contributed by atoms with Gasteiger partial charge in [0.15, 0.2) is 0 Å². The predicted octanol–water partition coefficient (Wildman–Crippen LogP) is 3.72. The van der Waals surface area contributed by atoms with Gasteiger partial charge >= 0.3 is 0 Å². The van der Waals surface area contributed by atoms with Gasteiger partial charge < -0.3 is 10.6 Å². The first-order chi connectivity index (χ1) is 13.2. The summed E-state index contributed by atoms with van der Waals surface area (Å²) in [5.41, 5.74) is 2.27. The summed E-state index contributed by atoms with van der Waals surface area (Å²) in [5.74, 6) is 5.35. The number of carbonyl (C=O) groups is 2. The highest BCUT2D eigenvalue weighted by Crippen LogP contribution is 2.16. The molecule has 27 heavy (non-hydrogen) atoms. The molecule has 0 fully saturated rings. The number of rotatable bonds is 4. The van der Waals surface area contributed by atoms with E-state index in [1.54, 1.807) is 48.5 Å². The molecule has 0 aromatic heterocycles. The van der Waals surface area contributed by atoms with Crippen LogP contribution in [0.2, 0.25) is 0 Å². The molecule has 0 heterocycles. The second kappa shape index (κ2) is 9.02. The lowest BCUT2D eigenvalue weighted by atomic mass is 10.1. The van der Waals surface area contributed by atoms with Crippen molar-refractivity contribution in [1.29, 1.82) is 0 Å². The average Bonchev–Trinajstić information content (AvgIpc) is 2.73. The van der Waals surface area contributed by atoms with Crippen LogP contribution in [0.3, 0.4) is 0 Å². The van der Waals surface area contributed by atoms with E-state index in [2.05, 4.69) is 22.5 Å². The predicted molar refractivity (Wildman–Crippen MR) is 106 cm³/mol. The molecule has 4 nitrogen and oxygen atoms in total. The van der Waals surface area contributed by atoms with E-state index in [-0.39, 0.29) is 18.4 Å². The fourth-order valence-corrected chi connectivity index (χ4v) is 2.46. The molecule has 0 aliphatic rings. The Morgan fingerprint density at radius 3 is 2.11 bits per heavy atom. The molecule has 0 spiro atoms. The van der Waals surface area contributed by atoms with Gasteiger partial charge in [0, 0.05) is 11.1 Å². The zero-order chi connectivity index (χ0) is 18.9. The first kappa shape index (κ1) is 18.0. The van der Waals surface area contributed by atoms with Crippen molar-refractivity contribution in [1.82, 2.24) is 5.32 Å². The Bertz CT molecular complexity index is 987. The molecule has 4 heteroatoms. The quantitative estimate of drug-likeness (QED) is 0.702. The molecule has 3 aromatic carbocycles. The van der Waals surface area contributed by atoms with Crippen LogP contribution >= 0.6 is 0 Å². The van der Waals surface area contributed by atoms with Gasteiger partial charge in [-0.15, -0.1) is 0 Å². The van der Waals surface area contributed by atoms with E-state index >= 15 is 0 Å². The van der Waals surface area contributed by atoms with Gasteiger partial charge in [0.05, 0.1) is 17.8 Å². The maximum atomic E-state index is 12.5. The van der Waals surface area contributed by atoms with Gasteiger partial charge in [-0.3, -0.25) is 9.59 Å². The SMILES string of the molecule is O=C(Nc1ccccc1C(=O)NCC#Cc1ccccc1)c1ccccc1. The number of nitrogens with one attached hydrogen (secondary N) is 2. The summed E-state index contributed by atoms with van der Waals surface area (Å²) in [7, 11) is 0. The number of amides is 2. The summed E-state index contributed by atoms with van der Waals surface area (Å²) in [5, 5.41) is 5.55. The standard InChI is InChI=1S/C23H18N2O2/c26-22(19-13-5-2-6-14-19)25-21-16-8-7-15-20(21)23(27)24-17-9-12-18-10-3-1-4-11-18/h1-8,10-11,13-16H,17H2,(H,24,27)(H,25,26). The summed E-state index contributed by atoms with van der Waals surface area (Å²) in [6.07, 6.45) is 0. The van der Waals surface area contributed by atoms with Crippen molar-refractivity contribution in [2.75, 3.05) is 11.9 Å². The lowest BCUT2D eigenvalue weighted by Gasteiger charge is -2.10. The Kier molecular flexibility index (Phi) is 6.00. The molecule has 2 N–H and O–H groups in total. The van der Waals surface area contributed by atoms with Gasteiger partial charge in [-0.1, -0.05) is 60.4 Å². The maximum absolute atomic E-state index is 12.5. The second-order valence-electron chi connectivity index (χ2n) is 5.72. The molecule has 2 amide bonds. The molecule has 0 saturated heterocycles. The number of hydrogen-bond donors (Lipinski definition) is 2. The second-order valence-corrected chi connectivity index (χ2v) is 5.72. The van der Waals surface area contributed by atoms with Crippen molar-refractivity contribution < 1.29 is 9.59 Å². The molecule has 0 unspecified atom stereocenters. The van der Waals surface area contributed by atoms with E-state index in [1.807, 2.05) is 36.4 Å². The van der Waals surface area contributed by atoms with Crippen LogP contribution in [-0.4, -0.2) is 18.4 Å². The fourth-order valence-electron chi connectivity index (χ4n) is 2.46. The fraction of sp³-hybridized carbons (Fsp3) is 0.0435. The minimum atomic E-state index is -0.290. The van der Waals surface area contributed by atoms with Gasteiger partial charge in [-0.05, 0) is 36.4 Å². The van der Waals surface area contributed by atoms with Crippen molar-refractivity contribution in [3.05, 3.63) is 102 Å². The molecule has 3 rings (SSSR count).